The van der Waals surface area contributed by atoms with Crippen molar-refractivity contribution in [2.75, 3.05) is 4.90 Å². The van der Waals surface area contributed by atoms with Crippen LogP contribution in [0.5, 0.6) is 0 Å². The highest BCUT2D eigenvalue weighted by molar-refractivity contribution is 6.34. The normalized spacial score (nSPS) is 15.0. The van der Waals surface area contributed by atoms with Crippen molar-refractivity contribution < 1.29 is 4.79 Å². The molecule has 0 aliphatic carbocycles. The molecule has 0 atom stereocenters. The highest BCUT2D eigenvalue weighted by atomic mass is 35.5. The van der Waals surface area contributed by atoms with Crippen molar-refractivity contribution in [1.29, 1.82) is 0 Å². The van der Waals surface area contributed by atoms with Crippen LogP contribution in [0.15, 0.2) is 102 Å². The molecule has 3 nitrogen and oxygen atoms in total. The topological polar surface area (TPSA) is 32.7 Å². The number of aliphatic imine (C=N–C) groups is 1. The molecule has 1 aliphatic heterocycles. The first-order chi connectivity index (χ1) is 15.1. The Balaban J connectivity index is 1.67. The fourth-order valence-corrected chi connectivity index (χ4v) is 3.97. The quantitative estimate of drug-likeness (QED) is 0.341. The predicted molar refractivity (Wildman–Crippen MR) is 129 cm³/mol. The summed E-state index contributed by atoms with van der Waals surface area (Å²) in [4.78, 5) is 19.9. The third kappa shape index (κ3) is 3.65. The second-order valence-electron chi connectivity index (χ2n) is 7.52. The number of amidine groups is 1. The summed E-state index contributed by atoms with van der Waals surface area (Å²) >= 11 is 6.08. The summed E-state index contributed by atoms with van der Waals surface area (Å²) in [6.45, 7) is 2.03. The molecular formula is C27H19ClN2O. The number of carbonyl (C=O) groups excluding carboxylic acids is 1. The molecule has 4 aromatic rings. The maximum atomic E-state index is 13.5. The number of hydrogen-bond donors (Lipinski definition) is 0. The second-order valence-corrected chi connectivity index (χ2v) is 7.96. The lowest BCUT2D eigenvalue weighted by Crippen LogP contribution is -2.32. The van der Waals surface area contributed by atoms with Gasteiger partial charge < -0.3 is 0 Å². The van der Waals surface area contributed by atoms with Crippen LogP contribution in [-0.2, 0) is 4.79 Å². The zero-order valence-electron chi connectivity index (χ0n) is 16.9. The van der Waals surface area contributed by atoms with Crippen molar-refractivity contribution in [3.63, 3.8) is 0 Å². The van der Waals surface area contributed by atoms with Gasteiger partial charge >= 0.3 is 0 Å². The summed E-state index contributed by atoms with van der Waals surface area (Å²) in [6.07, 6.45) is 1.87. The summed E-state index contributed by atoms with van der Waals surface area (Å²) in [7, 11) is 0. The van der Waals surface area contributed by atoms with Crippen LogP contribution in [0.2, 0.25) is 5.02 Å². The molecule has 0 aromatic heterocycles. The molecule has 0 fully saturated rings. The molecule has 4 aromatic carbocycles. The fourth-order valence-electron chi connectivity index (χ4n) is 3.85. The van der Waals surface area contributed by atoms with E-state index in [0.29, 0.717) is 16.6 Å². The molecule has 0 spiro atoms. The first-order valence-corrected chi connectivity index (χ1v) is 10.4. The Morgan fingerprint density at radius 3 is 2.42 bits per heavy atom. The van der Waals surface area contributed by atoms with Gasteiger partial charge in [-0.25, -0.2) is 4.99 Å². The molecule has 0 saturated heterocycles. The van der Waals surface area contributed by atoms with Crippen LogP contribution in [0.25, 0.3) is 16.8 Å². The van der Waals surface area contributed by atoms with Crippen LogP contribution in [0.1, 0.15) is 16.7 Å². The Morgan fingerprint density at radius 2 is 1.61 bits per heavy atom. The molecule has 1 amide bonds. The van der Waals surface area contributed by atoms with Crippen molar-refractivity contribution in [1.82, 2.24) is 0 Å². The number of aryl methyl sites for hydroxylation is 1. The SMILES string of the molecule is Cc1cccc(C2=N/C(=C/c3cccc4ccccc34)C(=O)N2c2ccc(Cl)cc2)c1. The van der Waals surface area contributed by atoms with Crippen LogP contribution >= 0.6 is 11.6 Å². The van der Waals surface area contributed by atoms with Gasteiger partial charge in [0.1, 0.15) is 11.5 Å². The van der Waals surface area contributed by atoms with E-state index in [9.17, 15) is 4.79 Å². The minimum atomic E-state index is -0.160. The van der Waals surface area contributed by atoms with Crippen LogP contribution in [0, 0.1) is 6.92 Å². The highest BCUT2D eigenvalue weighted by Crippen LogP contribution is 2.30. The largest absolute Gasteiger partial charge is 0.282 e. The van der Waals surface area contributed by atoms with E-state index in [2.05, 4.69) is 18.2 Å². The van der Waals surface area contributed by atoms with Gasteiger partial charge in [0.2, 0.25) is 0 Å². The second kappa shape index (κ2) is 7.86. The zero-order chi connectivity index (χ0) is 21.4. The monoisotopic (exact) mass is 422 g/mol. The van der Waals surface area contributed by atoms with Crippen LogP contribution in [0.3, 0.4) is 0 Å². The van der Waals surface area contributed by atoms with Crippen molar-refractivity contribution in [2.45, 2.75) is 6.92 Å². The smallest absolute Gasteiger partial charge is 0.266 e. The van der Waals surface area contributed by atoms with E-state index in [0.717, 1.165) is 33.2 Å². The minimum absolute atomic E-state index is 0.160. The van der Waals surface area contributed by atoms with Gasteiger partial charge in [0, 0.05) is 10.6 Å². The number of nitrogens with zero attached hydrogens (tertiary/aromatic N) is 2. The van der Waals surface area contributed by atoms with Gasteiger partial charge in [-0.2, -0.15) is 0 Å². The average Bonchev–Trinajstić information content (AvgIpc) is 3.11. The lowest BCUT2D eigenvalue weighted by Gasteiger charge is -2.19. The van der Waals surface area contributed by atoms with E-state index in [1.54, 1.807) is 17.0 Å². The Labute approximate surface area is 185 Å². The zero-order valence-corrected chi connectivity index (χ0v) is 17.7. The number of rotatable bonds is 3. The lowest BCUT2D eigenvalue weighted by atomic mass is 10.0. The fraction of sp³-hybridized carbons (Fsp3) is 0.0370. The van der Waals surface area contributed by atoms with Crippen molar-refractivity contribution in [3.05, 3.63) is 118 Å². The third-order valence-corrected chi connectivity index (χ3v) is 5.59. The Bertz CT molecular complexity index is 1360. The Morgan fingerprint density at radius 1 is 0.871 bits per heavy atom. The summed E-state index contributed by atoms with van der Waals surface area (Å²) in [5.41, 5.74) is 4.10. The predicted octanol–water partition coefficient (Wildman–Crippen LogP) is 6.64. The van der Waals surface area contributed by atoms with Crippen LogP contribution < -0.4 is 4.90 Å². The lowest BCUT2D eigenvalue weighted by molar-refractivity contribution is -0.113. The number of amides is 1. The molecular weight excluding hydrogens is 404 g/mol. The summed E-state index contributed by atoms with van der Waals surface area (Å²) in [5, 5.41) is 2.83. The maximum absolute atomic E-state index is 13.5. The number of carbonyl (C=O) groups is 1. The molecule has 1 heterocycles. The molecule has 0 unspecified atom stereocenters. The van der Waals surface area contributed by atoms with E-state index < -0.39 is 0 Å². The summed E-state index contributed by atoms with van der Waals surface area (Å²) in [5.74, 6) is 0.453. The van der Waals surface area contributed by atoms with Crippen molar-refractivity contribution >= 4 is 45.9 Å². The van der Waals surface area contributed by atoms with Crippen LogP contribution in [0.4, 0.5) is 5.69 Å². The van der Waals surface area contributed by atoms with Gasteiger partial charge in [-0.05, 0) is 59.7 Å². The van der Waals surface area contributed by atoms with E-state index in [-0.39, 0.29) is 5.91 Å². The standard InChI is InChI=1S/C27H19ClN2O/c1-18-6-4-10-21(16-18)26-29-25(27(31)30(26)23-14-12-22(28)13-15-23)17-20-9-5-8-19-7-2-3-11-24(19)20/h2-17H,1H3/b25-17+. The molecule has 5 rings (SSSR count). The molecule has 4 heteroatoms. The van der Waals surface area contributed by atoms with E-state index in [4.69, 9.17) is 16.6 Å². The number of anilines is 1. The van der Waals surface area contributed by atoms with Crippen LogP contribution in [-0.4, -0.2) is 11.7 Å². The Hall–Kier alpha value is -3.69. The molecule has 1 aliphatic rings. The van der Waals surface area contributed by atoms with E-state index >= 15 is 0 Å². The van der Waals surface area contributed by atoms with Gasteiger partial charge in [0.15, 0.2) is 0 Å². The Kier molecular flexibility index (Phi) is 4.89. The molecule has 150 valence electrons. The van der Waals surface area contributed by atoms with Gasteiger partial charge in [0.25, 0.3) is 5.91 Å². The number of halogens is 1. The highest BCUT2D eigenvalue weighted by Gasteiger charge is 2.32. The maximum Gasteiger partial charge on any atom is 0.282 e. The number of fused-ring (bicyclic) bond motifs is 1. The van der Waals surface area contributed by atoms with Gasteiger partial charge in [-0.3, -0.25) is 9.69 Å². The van der Waals surface area contributed by atoms with E-state index in [1.807, 2.05) is 73.7 Å². The van der Waals surface area contributed by atoms with Gasteiger partial charge in [-0.15, -0.1) is 0 Å². The summed E-state index contributed by atoms with van der Waals surface area (Å²) in [6, 6.07) is 29.5. The molecule has 0 N–H and O–H groups in total. The van der Waals surface area contributed by atoms with Gasteiger partial charge in [-0.1, -0.05) is 77.8 Å². The van der Waals surface area contributed by atoms with E-state index in [1.165, 1.54) is 0 Å². The summed E-state index contributed by atoms with van der Waals surface area (Å²) < 4.78 is 0. The van der Waals surface area contributed by atoms with Crippen molar-refractivity contribution in [3.8, 4) is 0 Å². The number of benzene rings is 4. The first-order valence-electron chi connectivity index (χ1n) is 10.1. The third-order valence-electron chi connectivity index (χ3n) is 5.34. The molecule has 0 saturated carbocycles. The number of hydrogen-bond acceptors (Lipinski definition) is 2. The van der Waals surface area contributed by atoms with Crippen molar-refractivity contribution in [2.24, 2.45) is 4.99 Å². The minimum Gasteiger partial charge on any atom is -0.266 e. The molecule has 0 radical (unpaired) electrons. The average molecular weight is 423 g/mol. The van der Waals surface area contributed by atoms with Gasteiger partial charge in [0.05, 0.1) is 5.69 Å². The molecule has 31 heavy (non-hydrogen) atoms. The molecule has 0 bridgehead atoms. The first kappa shape index (κ1) is 19.3.